The number of hydrogen-bond acceptors (Lipinski definition) is 4. The van der Waals surface area contributed by atoms with Crippen molar-refractivity contribution in [3.05, 3.63) is 56.2 Å². The number of nitrogens with two attached hydrogens (primary N) is 1. The molecule has 2 aliphatic rings. The Morgan fingerprint density at radius 2 is 1.77 bits per heavy atom. The Bertz CT molecular complexity index is 816. The van der Waals surface area contributed by atoms with E-state index in [0.717, 1.165) is 0 Å². The van der Waals surface area contributed by atoms with Crippen molar-refractivity contribution >= 4 is 40.5 Å². The first-order valence-electron chi connectivity index (χ1n) is 7.51. The zero-order valence-electron chi connectivity index (χ0n) is 13.1. The molecule has 0 saturated heterocycles. The number of nitrogens with zero attached hydrogens (tertiary/aromatic N) is 1. The summed E-state index contributed by atoms with van der Waals surface area (Å²) >= 11 is 17.8. The molecular formula is C16H13Cl3F3N3O. The van der Waals surface area contributed by atoms with Crippen LogP contribution < -0.4 is 11.3 Å². The third kappa shape index (κ3) is 3.41. The van der Waals surface area contributed by atoms with E-state index in [-0.39, 0.29) is 21.3 Å². The summed E-state index contributed by atoms with van der Waals surface area (Å²) in [7, 11) is 0. The quantitative estimate of drug-likeness (QED) is 0.518. The second-order valence-electron chi connectivity index (χ2n) is 5.92. The van der Waals surface area contributed by atoms with Gasteiger partial charge in [0.2, 0.25) is 0 Å². The minimum atomic E-state index is -4.73. The molecule has 3 N–H and O–H groups in total. The average Bonchev–Trinajstić information content (AvgIpc) is 3.01. The molecule has 10 heteroatoms. The maximum absolute atomic E-state index is 13.9. The van der Waals surface area contributed by atoms with E-state index in [4.69, 9.17) is 45.5 Å². The number of halogens is 6. The third-order valence-electron chi connectivity index (χ3n) is 4.27. The van der Waals surface area contributed by atoms with E-state index in [1.54, 1.807) is 6.08 Å². The summed E-state index contributed by atoms with van der Waals surface area (Å²) in [6, 6.07) is 3.71. The van der Waals surface area contributed by atoms with Gasteiger partial charge in [0, 0.05) is 27.1 Å². The predicted octanol–water partition coefficient (Wildman–Crippen LogP) is 5.16. The van der Waals surface area contributed by atoms with Crippen molar-refractivity contribution in [2.75, 3.05) is 0 Å². The van der Waals surface area contributed by atoms with Gasteiger partial charge in [0.25, 0.3) is 5.60 Å². The summed E-state index contributed by atoms with van der Waals surface area (Å²) in [4.78, 5) is 4.97. The van der Waals surface area contributed by atoms with Gasteiger partial charge in [-0.2, -0.15) is 13.2 Å². The molecule has 1 aromatic rings. The largest absolute Gasteiger partial charge is 0.435 e. The highest BCUT2D eigenvalue weighted by atomic mass is 35.5. The number of allylic oxidation sites excluding steroid dienone is 3. The number of rotatable bonds is 3. The lowest BCUT2D eigenvalue weighted by molar-refractivity contribution is -0.275. The van der Waals surface area contributed by atoms with Crippen LogP contribution in [-0.2, 0) is 10.4 Å². The summed E-state index contributed by atoms with van der Waals surface area (Å²) in [6.07, 6.45) is -2.80. The van der Waals surface area contributed by atoms with Crippen LogP contribution in [0.1, 0.15) is 24.8 Å². The second-order valence-corrected chi connectivity index (χ2v) is 7.25. The molecule has 140 valence electrons. The van der Waals surface area contributed by atoms with E-state index in [1.165, 1.54) is 18.2 Å². The predicted molar refractivity (Wildman–Crippen MR) is 94.9 cm³/mol. The van der Waals surface area contributed by atoms with Gasteiger partial charge in [-0.1, -0.05) is 40.0 Å². The smallest absolute Gasteiger partial charge is 0.374 e. The van der Waals surface area contributed by atoms with Crippen LogP contribution in [0.3, 0.4) is 0 Å². The van der Waals surface area contributed by atoms with Crippen molar-refractivity contribution in [1.29, 1.82) is 0 Å². The molecule has 1 aliphatic carbocycles. The zero-order chi connectivity index (χ0) is 19.1. The van der Waals surface area contributed by atoms with Gasteiger partial charge in [-0.3, -0.25) is 5.84 Å². The minimum absolute atomic E-state index is 0.0781. The Morgan fingerprint density at radius 3 is 2.35 bits per heavy atom. The van der Waals surface area contributed by atoms with E-state index in [2.05, 4.69) is 10.6 Å². The summed E-state index contributed by atoms with van der Waals surface area (Å²) in [6.45, 7) is 0. The highest BCUT2D eigenvalue weighted by Gasteiger charge is 2.62. The maximum Gasteiger partial charge on any atom is 0.435 e. The topological polar surface area (TPSA) is 59.6 Å². The van der Waals surface area contributed by atoms with Crippen molar-refractivity contribution in [3.8, 4) is 0 Å². The fourth-order valence-electron chi connectivity index (χ4n) is 2.91. The molecule has 26 heavy (non-hydrogen) atoms. The average molecular weight is 427 g/mol. The minimum Gasteiger partial charge on any atom is -0.374 e. The molecular weight excluding hydrogens is 414 g/mol. The molecule has 3 rings (SSSR count). The lowest BCUT2D eigenvalue weighted by Gasteiger charge is -2.30. The molecule has 0 aromatic heterocycles. The van der Waals surface area contributed by atoms with E-state index in [0.29, 0.717) is 29.1 Å². The lowest BCUT2D eigenvalue weighted by atomic mass is 9.85. The number of hydrogen-bond donors (Lipinski definition) is 2. The number of oxime groups is 1. The first-order chi connectivity index (χ1) is 12.2. The first kappa shape index (κ1) is 19.4. The van der Waals surface area contributed by atoms with Crippen molar-refractivity contribution in [3.63, 3.8) is 0 Å². The van der Waals surface area contributed by atoms with Crippen LogP contribution >= 0.6 is 34.8 Å². The van der Waals surface area contributed by atoms with Crippen LogP contribution in [0.25, 0.3) is 0 Å². The number of nitrogens with one attached hydrogen (secondary N) is 1. The number of hydrazine groups is 1. The van der Waals surface area contributed by atoms with E-state index in [1.807, 2.05) is 0 Å². The van der Waals surface area contributed by atoms with Gasteiger partial charge in [-0.05, 0) is 42.7 Å². The maximum atomic E-state index is 13.9. The summed E-state index contributed by atoms with van der Waals surface area (Å²) in [5.41, 5.74) is 0.747. The van der Waals surface area contributed by atoms with Crippen molar-refractivity contribution in [1.82, 2.24) is 5.43 Å². The van der Waals surface area contributed by atoms with Crippen LogP contribution in [0.5, 0.6) is 0 Å². The Hall–Kier alpha value is -1.41. The molecule has 0 bridgehead atoms. The van der Waals surface area contributed by atoms with Crippen LogP contribution in [0.2, 0.25) is 10.0 Å². The fourth-order valence-corrected chi connectivity index (χ4v) is 3.64. The molecule has 1 atom stereocenters. The SMILES string of the molecule is NNC1=C(Cl)CCC(C2=NO[C@@](c3cc(Cl)cc(Cl)c3)(C(F)(F)F)C2)=C1. The van der Waals surface area contributed by atoms with Gasteiger partial charge < -0.3 is 10.3 Å². The van der Waals surface area contributed by atoms with Gasteiger partial charge >= 0.3 is 6.18 Å². The van der Waals surface area contributed by atoms with Crippen molar-refractivity contribution in [2.45, 2.75) is 31.0 Å². The lowest BCUT2D eigenvalue weighted by Crippen LogP contribution is -2.42. The van der Waals surface area contributed by atoms with Crippen LogP contribution in [0.4, 0.5) is 13.2 Å². The molecule has 0 unspecified atom stereocenters. The highest BCUT2D eigenvalue weighted by molar-refractivity contribution is 6.34. The fraction of sp³-hybridized carbons (Fsp3) is 0.312. The van der Waals surface area contributed by atoms with Crippen LogP contribution in [-0.4, -0.2) is 11.9 Å². The molecule has 0 spiro atoms. The molecule has 0 amide bonds. The molecule has 4 nitrogen and oxygen atoms in total. The molecule has 1 aliphatic heterocycles. The Kier molecular flexibility index (Phi) is 5.18. The summed E-state index contributed by atoms with van der Waals surface area (Å²) in [5, 5.41) is 4.37. The summed E-state index contributed by atoms with van der Waals surface area (Å²) in [5.74, 6) is 5.38. The summed E-state index contributed by atoms with van der Waals surface area (Å²) < 4.78 is 41.8. The van der Waals surface area contributed by atoms with Crippen molar-refractivity contribution < 1.29 is 18.0 Å². The Balaban J connectivity index is 1.99. The molecule has 0 radical (unpaired) electrons. The highest BCUT2D eigenvalue weighted by Crippen LogP contribution is 2.50. The van der Waals surface area contributed by atoms with Crippen LogP contribution in [0.15, 0.2) is 45.7 Å². The van der Waals surface area contributed by atoms with E-state index < -0.39 is 18.2 Å². The van der Waals surface area contributed by atoms with E-state index >= 15 is 0 Å². The number of benzene rings is 1. The van der Waals surface area contributed by atoms with Gasteiger partial charge in [0.15, 0.2) is 0 Å². The van der Waals surface area contributed by atoms with Gasteiger partial charge in [0.1, 0.15) is 0 Å². The van der Waals surface area contributed by atoms with Gasteiger partial charge in [-0.15, -0.1) is 0 Å². The normalized spacial score (nSPS) is 23.5. The molecule has 1 heterocycles. The molecule has 0 fully saturated rings. The monoisotopic (exact) mass is 425 g/mol. The molecule has 1 aromatic carbocycles. The van der Waals surface area contributed by atoms with Crippen LogP contribution in [0, 0.1) is 0 Å². The number of alkyl halides is 3. The Morgan fingerprint density at radius 1 is 1.12 bits per heavy atom. The van der Waals surface area contributed by atoms with Gasteiger partial charge in [0.05, 0.1) is 11.4 Å². The Labute approximate surface area is 162 Å². The standard InChI is InChI=1S/C16H13Cl3F3N3O/c17-10-4-9(5-11(18)6-10)15(16(20,21)22)7-14(25-26-15)8-1-2-12(19)13(3-8)24-23/h3-6,24H,1-2,7,23H2/t15-/m0/s1. The third-order valence-corrected chi connectivity index (χ3v) is 5.09. The second kappa shape index (κ2) is 6.96. The molecule has 0 saturated carbocycles. The van der Waals surface area contributed by atoms with Gasteiger partial charge in [-0.25, -0.2) is 0 Å². The first-order valence-corrected chi connectivity index (χ1v) is 8.64. The zero-order valence-corrected chi connectivity index (χ0v) is 15.4. The van der Waals surface area contributed by atoms with E-state index in [9.17, 15) is 13.2 Å². The van der Waals surface area contributed by atoms with Crippen molar-refractivity contribution in [2.24, 2.45) is 11.0 Å².